The zero-order chi connectivity index (χ0) is 37.4. The van der Waals surface area contributed by atoms with Gasteiger partial charge in [-0.3, -0.25) is 4.79 Å². The molecule has 9 heteroatoms. The van der Waals surface area contributed by atoms with Crippen LogP contribution in [0.3, 0.4) is 0 Å². The second kappa shape index (κ2) is 33.5. The summed E-state index contributed by atoms with van der Waals surface area (Å²) < 4.78 is 11.2. The average molecular weight is 728 g/mol. The zero-order valence-electron chi connectivity index (χ0n) is 32.9. The van der Waals surface area contributed by atoms with E-state index in [2.05, 4.69) is 31.3 Å². The molecule has 1 rings (SSSR count). The van der Waals surface area contributed by atoms with E-state index in [1.165, 1.54) is 128 Å². The molecule has 0 saturated carbocycles. The fraction of sp³-hybridized carbons (Fsp3) is 0.929. The minimum atomic E-state index is -1.55. The number of nitrogens with one attached hydrogen (secondary N) is 1. The van der Waals surface area contributed by atoms with Crippen molar-refractivity contribution in [1.29, 1.82) is 0 Å². The predicted molar refractivity (Wildman–Crippen MR) is 207 cm³/mol. The number of carbonyl (C=O) groups is 1. The van der Waals surface area contributed by atoms with Gasteiger partial charge in [-0.2, -0.15) is 0 Å². The van der Waals surface area contributed by atoms with Gasteiger partial charge in [0, 0.05) is 6.42 Å². The third kappa shape index (κ3) is 24.8. The number of hydrogen-bond acceptors (Lipinski definition) is 8. The second-order valence-electron chi connectivity index (χ2n) is 15.1. The fourth-order valence-corrected chi connectivity index (χ4v) is 6.86. The number of hydrogen-bond donors (Lipinski definition) is 6. The third-order valence-corrected chi connectivity index (χ3v) is 10.4. The molecule has 0 aromatic rings. The van der Waals surface area contributed by atoms with Crippen LogP contribution in [0.2, 0.25) is 0 Å². The Morgan fingerprint density at radius 1 is 0.647 bits per heavy atom. The molecule has 9 nitrogen and oxygen atoms in total. The van der Waals surface area contributed by atoms with E-state index in [1.807, 2.05) is 0 Å². The lowest BCUT2D eigenvalue weighted by Crippen LogP contribution is -2.60. The van der Waals surface area contributed by atoms with Gasteiger partial charge in [-0.25, -0.2) is 0 Å². The summed E-state index contributed by atoms with van der Waals surface area (Å²) in [6, 6.07) is -0.713. The van der Waals surface area contributed by atoms with Crippen molar-refractivity contribution in [3.05, 3.63) is 12.2 Å². The van der Waals surface area contributed by atoms with E-state index in [9.17, 15) is 30.3 Å². The van der Waals surface area contributed by atoms with Gasteiger partial charge in [-0.15, -0.1) is 0 Å². The molecule has 1 aliphatic rings. The number of ether oxygens (including phenoxy) is 2. The Morgan fingerprint density at radius 3 is 1.59 bits per heavy atom. The van der Waals surface area contributed by atoms with Crippen LogP contribution in [0.4, 0.5) is 0 Å². The SMILES string of the molecule is CCCCCCCC/C=C/CCCCCCCCCCCC(=O)N[C@@H](CO[C@H]1O[C@@H](CO)[C@H](O)C(O)C1O)[C@H](O)CCCCCCCCCCC. The van der Waals surface area contributed by atoms with E-state index in [0.29, 0.717) is 12.8 Å². The highest BCUT2D eigenvalue weighted by Gasteiger charge is 2.44. The van der Waals surface area contributed by atoms with Crippen LogP contribution in [0.5, 0.6) is 0 Å². The molecule has 6 N–H and O–H groups in total. The highest BCUT2D eigenvalue weighted by Crippen LogP contribution is 2.23. The first kappa shape index (κ1) is 48.0. The van der Waals surface area contributed by atoms with Crippen molar-refractivity contribution in [1.82, 2.24) is 5.32 Å². The second-order valence-corrected chi connectivity index (χ2v) is 15.1. The van der Waals surface area contributed by atoms with Crippen molar-refractivity contribution in [2.24, 2.45) is 0 Å². The van der Waals surface area contributed by atoms with E-state index in [1.54, 1.807) is 0 Å². The maximum Gasteiger partial charge on any atom is 0.220 e. The van der Waals surface area contributed by atoms with E-state index in [-0.39, 0.29) is 12.5 Å². The van der Waals surface area contributed by atoms with Crippen molar-refractivity contribution < 1.29 is 39.8 Å². The van der Waals surface area contributed by atoms with Crippen molar-refractivity contribution in [2.75, 3.05) is 13.2 Å². The summed E-state index contributed by atoms with van der Waals surface area (Å²) in [5.74, 6) is -0.149. The largest absolute Gasteiger partial charge is 0.394 e. The summed E-state index contributed by atoms with van der Waals surface area (Å²) in [5, 5.41) is 54.1. The van der Waals surface area contributed by atoms with Crippen LogP contribution < -0.4 is 5.32 Å². The molecule has 1 heterocycles. The summed E-state index contributed by atoms with van der Waals surface area (Å²) in [4.78, 5) is 12.9. The van der Waals surface area contributed by atoms with Crippen molar-refractivity contribution in [2.45, 2.75) is 236 Å². The van der Waals surface area contributed by atoms with Crippen LogP contribution in [0.25, 0.3) is 0 Å². The molecule has 1 fully saturated rings. The minimum Gasteiger partial charge on any atom is -0.394 e. The predicted octanol–water partition coefficient (Wildman–Crippen LogP) is 8.17. The molecule has 0 radical (unpaired) electrons. The van der Waals surface area contributed by atoms with Crippen LogP contribution in [-0.2, 0) is 14.3 Å². The molecular weight excluding hydrogens is 646 g/mol. The molecule has 0 spiro atoms. The lowest BCUT2D eigenvalue weighted by atomic mass is 9.99. The monoisotopic (exact) mass is 728 g/mol. The number of carbonyl (C=O) groups excluding carboxylic acids is 1. The molecule has 7 atom stereocenters. The Kier molecular flexibility index (Phi) is 31.5. The van der Waals surface area contributed by atoms with Gasteiger partial charge in [-0.05, 0) is 38.5 Å². The normalized spacial score (nSPS) is 22.1. The maximum atomic E-state index is 12.9. The molecule has 51 heavy (non-hydrogen) atoms. The molecule has 1 aliphatic heterocycles. The number of rotatable bonds is 35. The third-order valence-electron chi connectivity index (χ3n) is 10.4. The van der Waals surface area contributed by atoms with Gasteiger partial charge >= 0.3 is 0 Å². The summed E-state index contributed by atoms with van der Waals surface area (Å²) in [6.45, 7) is 3.80. The molecule has 1 amide bonds. The summed E-state index contributed by atoms with van der Waals surface area (Å²) in [7, 11) is 0. The van der Waals surface area contributed by atoms with Gasteiger partial charge < -0.3 is 40.3 Å². The van der Waals surface area contributed by atoms with Crippen LogP contribution in [0, 0.1) is 0 Å². The smallest absolute Gasteiger partial charge is 0.220 e. The summed E-state index contributed by atoms with van der Waals surface area (Å²) in [6.07, 6.45) is 29.4. The number of aliphatic hydroxyl groups excluding tert-OH is 5. The minimum absolute atomic E-state index is 0.136. The van der Waals surface area contributed by atoms with Crippen molar-refractivity contribution in [3.8, 4) is 0 Å². The lowest BCUT2D eigenvalue weighted by molar-refractivity contribution is -0.302. The summed E-state index contributed by atoms with van der Waals surface area (Å²) in [5.41, 5.74) is 0. The molecule has 0 aliphatic carbocycles. The van der Waals surface area contributed by atoms with Gasteiger partial charge in [0.25, 0.3) is 0 Å². The molecule has 0 aromatic heterocycles. The van der Waals surface area contributed by atoms with Gasteiger partial charge in [0.05, 0.1) is 25.4 Å². The van der Waals surface area contributed by atoms with Crippen LogP contribution in [-0.4, -0.2) is 87.5 Å². The van der Waals surface area contributed by atoms with Gasteiger partial charge in [0.2, 0.25) is 5.91 Å². The Labute approximate surface area is 312 Å². The average Bonchev–Trinajstić information content (AvgIpc) is 3.13. The molecular formula is C42H81NO8. The first-order chi connectivity index (χ1) is 24.8. The van der Waals surface area contributed by atoms with Crippen LogP contribution in [0.1, 0.15) is 194 Å². The van der Waals surface area contributed by atoms with Crippen molar-refractivity contribution in [3.63, 3.8) is 0 Å². The summed E-state index contributed by atoms with van der Waals surface area (Å²) >= 11 is 0. The molecule has 0 aromatic carbocycles. The zero-order valence-corrected chi connectivity index (χ0v) is 32.9. The molecule has 302 valence electrons. The Morgan fingerprint density at radius 2 is 1.10 bits per heavy atom. The molecule has 1 saturated heterocycles. The first-order valence-electron chi connectivity index (χ1n) is 21.4. The molecule has 2 unspecified atom stereocenters. The quantitative estimate of drug-likeness (QED) is 0.0283. The van der Waals surface area contributed by atoms with Crippen LogP contribution >= 0.6 is 0 Å². The number of amides is 1. The Bertz CT molecular complexity index is 812. The number of allylic oxidation sites excluding steroid dienone is 2. The van der Waals surface area contributed by atoms with Gasteiger partial charge in [-0.1, -0.05) is 161 Å². The lowest BCUT2D eigenvalue weighted by Gasteiger charge is -2.40. The van der Waals surface area contributed by atoms with Crippen LogP contribution in [0.15, 0.2) is 12.2 Å². The van der Waals surface area contributed by atoms with E-state index in [0.717, 1.165) is 38.5 Å². The number of unbranched alkanes of at least 4 members (excludes halogenated alkanes) is 23. The topological polar surface area (TPSA) is 149 Å². The highest BCUT2D eigenvalue weighted by atomic mass is 16.7. The molecule has 0 bridgehead atoms. The van der Waals surface area contributed by atoms with E-state index < -0.39 is 49.5 Å². The standard InChI is InChI=1S/C42H81NO8/c1-3-5-7-9-11-13-14-15-16-17-18-19-20-21-22-24-26-28-30-32-38(46)43-35(36(45)31-29-27-25-23-12-10-8-6-4-2)34-50-42-41(49)40(48)39(47)37(33-44)51-42/h15-16,35-37,39-42,44-45,47-49H,3-14,17-34H2,1-2H3,(H,43,46)/b16-15+/t35-,36+,37-,39-,40?,41?,42-/m0/s1. The van der Waals surface area contributed by atoms with E-state index >= 15 is 0 Å². The Balaban J connectivity index is 2.30. The highest BCUT2D eigenvalue weighted by molar-refractivity contribution is 5.76. The maximum absolute atomic E-state index is 12.9. The number of aliphatic hydroxyl groups is 5. The van der Waals surface area contributed by atoms with Gasteiger partial charge in [0.1, 0.15) is 24.4 Å². The Hall–Kier alpha value is -1.07. The fourth-order valence-electron chi connectivity index (χ4n) is 6.86. The van der Waals surface area contributed by atoms with Crippen molar-refractivity contribution >= 4 is 5.91 Å². The van der Waals surface area contributed by atoms with Gasteiger partial charge in [0.15, 0.2) is 6.29 Å². The first-order valence-corrected chi connectivity index (χ1v) is 21.4. The van der Waals surface area contributed by atoms with E-state index in [4.69, 9.17) is 9.47 Å².